The van der Waals surface area contributed by atoms with Crippen molar-refractivity contribution in [2.75, 3.05) is 0 Å². The summed E-state index contributed by atoms with van der Waals surface area (Å²) in [4.78, 5) is 18.2. The SMILES string of the molecule is O=C(O)c1ncsc1S(=O)(=O)NCc1nccs1. The van der Waals surface area contributed by atoms with Crippen LogP contribution < -0.4 is 4.72 Å². The molecule has 0 radical (unpaired) electrons. The number of carboxylic acid groups (broad SMARTS) is 1. The van der Waals surface area contributed by atoms with E-state index in [1.165, 1.54) is 16.8 Å². The summed E-state index contributed by atoms with van der Waals surface area (Å²) >= 11 is 2.07. The van der Waals surface area contributed by atoms with Crippen molar-refractivity contribution >= 4 is 38.7 Å². The third-order valence-corrected chi connectivity index (χ3v) is 5.43. The first-order chi connectivity index (χ1) is 8.50. The zero-order chi connectivity index (χ0) is 13.2. The molecule has 2 N–H and O–H groups in total. The molecule has 2 rings (SSSR count). The number of sulfonamides is 1. The maximum absolute atomic E-state index is 11.9. The van der Waals surface area contributed by atoms with E-state index in [1.807, 2.05) is 0 Å². The van der Waals surface area contributed by atoms with Gasteiger partial charge in [-0.15, -0.1) is 22.7 Å². The minimum atomic E-state index is -3.88. The van der Waals surface area contributed by atoms with Crippen molar-refractivity contribution in [1.82, 2.24) is 14.7 Å². The Morgan fingerprint density at radius 3 is 2.78 bits per heavy atom. The van der Waals surface area contributed by atoms with Crippen LogP contribution in [-0.4, -0.2) is 29.5 Å². The maximum Gasteiger partial charge on any atom is 0.356 e. The normalized spacial score (nSPS) is 11.6. The van der Waals surface area contributed by atoms with Gasteiger partial charge in [-0.1, -0.05) is 0 Å². The van der Waals surface area contributed by atoms with Crippen LogP contribution in [-0.2, 0) is 16.6 Å². The van der Waals surface area contributed by atoms with Crippen LogP contribution in [0.15, 0.2) is 21.3 Å². The van der Waals surface area contributed by atoms with Crippen LogP contribution in [0.1, 0.15) is 15.5 Å². The van der Waals surface area contributed by atoms with Crippen LogP contribution in [0, 0.1) is 0 Å². The summed E-state index contributed by atoms with van der Waals surface area (Å²) in [6.07, 6.45) is 1.56. The van der Waals surface area contributed by atoms with Gasteiger partial charge in [0.05, 0.1) is 12.1 Å². The van der Waals surface area contributed by atoms with Crippen molar-refractivity contribution < 1.29 is 18.3 Å². The van der Waals surface area contributed by atoms with E-state index in [1.54, 1.807) is 11.6 Å². The van der Waals surface area contributed by atoms with E-state index in [2.05, 4.69) is 14.7 Å². The number of hydrogen-bond donors (Lipinski definition) is 2. The van der Waals surface area contributed by atoms with Crippen molar-refractivity contribution in [3.63, 3.8) is 0 Å². The largest absolute Gasteiger partial charge is 0.476 e. The van der Waals surface area contributed by atoms with Crippen LogP contribution >= 0.6 is 22.7 Å². The van der Waals surface area contributed by atoms with Crippen molar-refractivity contribution in [3.05, 3.63) is 27.8 Å². The van der Waals surface area contributed by atoms with Crippen LogP contribution in [0.5, 0.6) is 0 Å². The second kappa shape index (κ2) is 5.10. The fourth-order valence-electron chi connectivity index (χ4n) is 1.13. The van der Waals surface area contributed by atoms with Gasteiger partial charge in [0.25, 0.3) is 10.0 Å². The average Bonchev–Trinajstić information content (AvgIpc) is 2.98. The van der Waals surface area contributed by atoms with Gasteiger partial charge in [-0.2, -0.15) is 0 Å². The van der Waals surface area contributed by atoms with E-state index in [-0.39, 0.29) is 10.8 Å². The molecular formula is C8H7N3O4S3. The Labute approximate surface area is 110 Å². The van der Waals surface area contributed by atoms with Crippen molar-refractivity contribution in [2.24, 2.45) is 0 Å². The maximum atomic E-state index is 11.9. The number of aromatic nitrogens is 2. The lowest BCUT2D eigenvalue weighted by Crippen LogP contribution is -2.24. The molecule has 2 aromatic rings. The Balaban J connectivity index is 2.20. The molecule has 0 saturated carbocycles. The Morgan fingerprint density at radius 1 is 1.39 bits per heavy atom. The highest BCUT2D eigenvalue weighted by atomic mass is 32.2. The molecule has 2 heterocycles. The third-order valence-electron chi connectivity index (χ3n) is 1.88. The Bertz CT molecular complexity index is 647. The molecule has 10 heteroatoms. The number of hydrogen-bond acceptors (Lipinski definition) is 7. The number of rotatable bonds is 5. The standard InChI is InChI=1S/C8H7N3O4S3/c12-7(13)6-8(17-4-10-6)18(14,15)11-3-5-9-1-2-16-5/h1-2,4,11H,3H2,(H,12,13). The number of aromatic carboxylic acids is 1. The molecule has 0 bridgehead atoms. The second-order valence-electron chi connectivity index (χ2n) is 3.04. The van der Waals surface area contributed by atoms with Gasteiger partial charge in [-0.25, -0.2) is 27.9 Å². The molecule has 0 aliphatic carbocycles. The van der Waals surface area contributed by atoms with E-state index in [0.717, 1.165) is 11.3 Å². The van der Waals surface area contributed by atoms with Gasteiger partial charge in [0.2, 0.25) is 0 Å². The zero-order valence-corrected chi connectivity index (χ0v) is 11.2. The number of thiazole rings is 2. The quantitative estimate of drug-likeness (QED) is 0.844. The summed E-state index contributed by atoms with van der Waals surface area (Å²) in [5.74, 6) is -1.37. The predicted molar refractivity (Wildman–Crippen MR) is 65.2 cm³/mol. The van der Waals surface area contributed by atoms with E-state index in [9.17, 15) is 13.2 Å². The van der Waals surface area contributed by atoms with Gasteiger partial charge in [-0.3, -0.25) is 0 Å². The average molecular weight is 305 g/mol. The van der Waals surface area contributed by atoms with Crippen LogP contribution in [0.2, 0.25) is 0 Å². The molecule has 0 fully saturated rings. The number of nitrogens with zero attached hydrogens (tertiary/aromatic N) is 2. The fourth-order valence-corrected chi connectivity index (χ4v) is 3.95. The first-order valence-electron chi connectivity index (χ1n) is 4.55. The van der Waals surface area contributed by atoms with Crippen LogP contribution in [0.25, 0.3) is 0 Å². The molecule has 0 aromatic carbocycles. The highest BCUT2D eigenvalue weighted by molar-refractivity contribution is 7.91. The summed E-state index contributed by atoms with van der Waals surface area (Å²) < 4.78 is 25.8. The Morgan fingerprint density at radius 2 is 2.17 bits per heavy atom. The smallest absolute Gasteiger partial charge is 0.356 e. The third kappa shape index (κ3) is 2.72. The lowest BCUT2D eigenvalue weighted by Gasteiger charge is -2.03. The summed E-state index contributed by atoms with van der Waals surface area (Å²) in [7, 11) is -3.88. The summed E-state index contributed by atoms with van der Waals surface area (Å²) in [5.41, 5.74) is 0.716. The van der Waals surface area contributed by atoms with Gasteiger partial charge in [0, 0.05) is 11.6 Å². The van der Waals surface area contributed by atoms with Gasteiger partial charge in [-0.05, 0) is 0 Å². The van der Waals surface area contributed by atoms with E-state index < -0.39 is 21.7 Å². The molecule has 2 aromatic heterocycles. The minimum Gasteiger partial charge on any atom is -0.476 e. The van der Waals surface area contributed by atoms with Crippen molar-refractivity contribution in [1.29, 1.82) is 0 Å². The first-order valence-corrected chi connectivity index (χ1v) is 7.80. The van der Waals surface area contributed by atoms with Gasteiger partial charge < -0.3 is 5.11 Å². The molecular weight excluding hydrogens is 298 g/mol. The van der Waals surface area contributed by atoms with Gasteiger partial charge in [0.15, 0.2) is 9.90 Å². The van der Waals surface area contributed by atoms with Crippen molar-refractivity contribution in [2.45, 2.75) is 10.8 Å². The topological polar surface area (TPSA) is 109 Å². The van der Waals surface area contributed by atoms with Gasteiger partial charge >= 0.3 is 5.97 Å². The monoisotopic (exact) mass is 305 g/mol. The number of nitrogens with one attached hydrogen (secondary N) is 1. The molecule has 0 spiro atoms. The summed E-state index contributed by atoms with van der Waals surface area (Å²) in [5, 5.41) is 11.1. The molecule has 0 aliphatic rings. The van der Waals surface area contributed by atoms with E-state index >= 15 is 0 Å². The van der Waals surface area contributed by atoms with Crippen LogP contribution in [0.3, 0.4) is 0 Å². The fraction of sp³-hybridized carbons (Fsp3) is 0.125. The molecule has 0 aliphatic heterocycles. The summed E-state index contributed by atoms with van der Waals surface area (Å²) in [6.45, 7) is 0.0248. The molecule has 96 valence electrons. The molecule has 0 unspecified atom stereocenters. The highest BCUT2D eigenvalue weighted by Crippen LogP contribution is 2.20. The highest BCUT2D eigenvalue weighted by Gasteiger charge is 2.25. The molecule has 0 amide bonds. The minimum absolute atomic E-state index is 0.0248. The molecule has 0 saturated heterocycles. The number of carboxylic acids is 1. The lowest BCUT2D eigenvalue weighted by atomic mass is 10.5. The lowest BCUT2D eigenvalue weighted by molar-refractivity contribution is 0.0687. The molecule has 7 nitrogen and oxygen atoms in total. The molecule has 18 heavy (non-hydrogen) atoms. The Hall–Kier alpha value is -1.36. The zero-order valence-electron chi connectivity index (χ0n) is 8.73. The predicted octanol–water partition coefficient (Wildman–Crippen LogP) is 0.776. The second-order valence-corrected chi connectivity index (χ2v) is 6.84. The Kier molecular flexibility index (Phi) is 3.71. The first kappa shape index (κ1) is 13.1. The number of carbonyl (C=O) groups is 1. The molecule has 0 atom stereocenters. The van der Waals surface area contributed by atoms with Crippen molar-refractivity contribution in [3.8, 4) is 0 Å². The van der Waals surface area contributed by atoms with Crippen LogP contribution in [0.4, 0.5) is 0 Å². The van der Waals surface area contributed by atoms with E-state index in [0.29, 0.717) is 5.01 Å². The van der Waals surface area contributed by atoms with Gasteiger partial charge in [0.1, 0.15) is 5.01 Å². The van der Waals surface area contributed by atoms with E-state index in [4.69, 9.17) is 5.11 Å². The summed E-state index contributed by atoms with van der Waals surface area (Å²) in [6, 6.07) is 0.